The average Bonchev–Trinajstić information content (AvgIpc) is 2.47. The third-order valence-electron chi connectivity index (χ3n) is 2.82. The minimum Gasteiger partial charge on any atom is -0.463 e. The van der Waals surface area contributed by atoms with Crippen LogP contribution in [0.2, 0.25) is 0 Å². The summed E-state index contributed by atoms with van der Waals surface area (Å²) < 4.78 is 10.8. The van der Waals surface area contributed by atoms with Gasteiger partial charge in [-0.3, -0.25) is 0 Å². The Morgan fingerprint density at radius 2 is 2.54 bits per heavy atom. The Hall–Kier alpha value is -0.770. The highest BCUT2D eigenvalue weighted by atomic mass is 16.5. The monoisotopic (exact) mass is 184 g/mol. The summed E-state index contributed by atoms with van der Waals surface area (Å²) in [7, 11) is 0. The molecule has 0 aromatic heterocycles. The van der Waals surface area contributed by atoms with E-state index in [1.165, 1.54) is 0 Å². The summed E-state index contributed by atoms with van der Waals surface area (Å²) in [5.74, 6) is 0. The van der Waals surface area contributed by atoms with Crippen LogP contribution in [0.25, 0.3) is 0 Å². The summed E-state index contributed by atoms with van der Waals surface area (Å²) in [5, 5.41) is 0. The van der Waals surface area contributed by atoms with Crippen LogP contribution in [0.1, 0.15) is 26.2 Å². The average molecular weight is 184 g/mol. The topological polar surface area (TPSA) is 56.8 Å². The van der Waals surface area contributed by atoms with Crippen molar-refractivity contribution < 1.29 is 9.47 Å². The van der Waals surface area contributed by atoms with E-state index < -0.39 is 0 Å². The number of aliphatic imine (C=N–C) groups is 1. The molecule has 2 rings (SSSR count). The fourth-order valence-electron chi connectivity index (χ4n) is 2.00. The van der Waals surface area contributed by atoms with Crippen LogP contribution in [0.3, 0.4) is 0 Å². The predicted molar refractivity (Wildman–Crippen MR) is 49.6 cm³/mol. The lowest BCUT2D eigenvalue weighted by atomic mass is 9.88. The van der Waals surface area contributed by atoms with Gasteiger partial charge in [0.15, 0.2) is 0 Å². The Bertz CT molecular complexity index is 230. The second-order valence-corrected chi connectivity index (χ2v) is 3.82. The van der Waals surface area contributed by atoms with Crippen molar-refractivity contribution in [2.45, 2.75) is 37.8 Å². The zero-order valence-corrected chi connectivity index (χ0v) is 7.95. The van der Waals surface area contributed by atoms with Crippen molar-refractivity contribution in [2.24, 2.45) is 10.7 Å². The Balaban J connectivity index is 2.06. The van der Waals surface area contributed by atoms with Crippen molar-refractivity contribution in [1.82, 2.24) is 0 Å². The molecule has 0 saturated carbocycles. The fourth-order valence-corrected chi connectivity index (χ4v) is 2.00. The Kier molecular flexibility index (Phi) is 2.15. The van der Waals surface area contributed by atoms with E-state index in [4.69, 9.17) is 15.2 Å². The molecule has 0 aromatic rings. The van der Waals surface area contributed by atoms with E-state index >= 15 is 0 Å². The van der Waals surface area contributed by atoms with Crippen molar-refractivity contribution >= 4 is 6.02 Å². The van der Waals surface area contributed by atoms with Gasteiger partial charge in [0.1, 0.15) is 12.1 Å². The van der Waals surface area contributed by atoms with Crippen molar-refractivity contribution in [1.29, 1.82) is 0 Å². The van der Waals surface area contributed by atoms with Gasteiger partial charge in [-0.15, -0.1) is 0 Å². The van der Waals surface area contributed by atoms with Crippen LogP contribution in [0.5, 0.6) is 0 Å². The van der Waals surface area contributed by atoms with Crippen LogP contribution in [-0.4, -0.2) is 30.9 Å². The molecule has 1 spiro atoms. The molecule has 4 heteroatoms. The summed E-state index contributed by atoms with van der Waals surface area (Å²) in [4.78, 5) is 4.37. The molecule has 0 aliphatic carbocycles. The van der Waals surface area contributed by atoms with Crippen LogP contribution in [-0.2, 0) is 9.47 Å². The predicted octanol–water partition coefficient (Wildman–Crippen LogP) is 0.659. The molecule has 1 saturated heterocycles. The first-order valence-corrected chi connectivity index (χ1v) is 4.84. The molecule has 74 valence electrons. The van der Waals surface area contributed by atoms with Crippen molar-refractivity contribution in [2.75, 3.05) is 13.2 Å². The molecular formula is C9H16N2O2. The molecule has 2 aliphatic heterocycles. The third kappa shape index (κ3) is 1.63. The molecule has 0 radical (unpaired) electrons. The van der Waals surface area contributed by atoms with E-state index in [1.54, 1.807) is 0 Å². The molecule has 2 unspecified atom stereocenters. The van der Waals surface area contributed by atoms with Gasteiger partial charge in [-0.2, -0.15) is 0 Å². The SMILES string of the molecule is CCC1CC2(CCO1)COC(N)=N2. The summed E-state index contributed by atoms with van der Waals surface area (Å²) in [6.07, 6.45) is 3.25. The minimum absolute atomic E-state index is 0.0665. The van der Waals surface area contributed by atoms with Gasteiger partial charge >= 0.3 is 0 Å². The molecule has 13 heavy (non-hydrogen) atoms. The van der Waals surface area contributed by atoms with Gasteiger partial charge in [0.05, 0.1) is 6.10 Å². The Morgan fingerprint density at radius 3 is 3.15 bits per heavy atom. The Labute approximate surface area is 78.1 Å². The molecule has 0 bridgehead atoms. The van der Waals surface area contributed by atoms with E-state index in [-0.39, 0.29) is 5.54 Å². The molecule has 0 aromatic carbocycles. The first kappa shape index (κ1) is 8.81. The number of hydrogen-bond acceptors (Lipinski definition) is 4. The third-order valence-corrected chi connectivity index (χ3v) is 2.82. The maximum Gasteiger partial charge on any atom is 0.282 e. The van der Waals surface area contributed by atoms with Crippen LogP contribution in [0.15, 0.2) is 4.99 Å². The van der Waals surface area contributed by atoms with Gasteiger partial charge in [0.2, 0.25) is 0 Å². The van der Waals surface area contributed by atoms with E-state index in [2.05, 4.69) is 11.9 Å². The lowest BCUT2D eigenvalue weighted by Gasteiger charge is -2.33. The summed E-state index contributed by atoms with van der Waals surface area (Å²) in [5.41, 5.74) is 5.45. The second kappa shape index (κ2) is 3.18. The summed E-state index contributed by atoms with van der Waals surface area (Å²) in [6.45, 7) is 3.55. The first-order chi connectivity index (χ1) is 6.24. The normalized spacial score (nSPS) is 38.8. The van der Waals surface area contributed by atoms with Crippen LogP contribution >= 0.6 is 0 Å². The van der Waals surface area contributed by atoms with E-state index in [1.807, 2.05) is 0 Å². The lowest BCUT2D eigenvalue weighted by molar-refractivity contribution is -0.0244. The van der Waals surface area contributed by atoms with Gasteiger partial charge < -0.3 is 15.2 Å². The Morgan fingerprint density at radius 1 is 1.69 bits per heavy atom. The number of rotatable bonds is 1. The highest BCUT2D eigenvalue weighted by molar-refractivity contribution is 5.73. The summed E-state index contributed by atoms with van der Waals surface area (Å²) >= 11 is 0. The first-order valence-electron chi connectivity index (χ1n) is 4.84. The highest BCUT2D eigenvalue weighted by Crippen LogP contribution is 2.33. The smallest absolute Gasteiger partial charge is 0.282 e. The van der Waals surface area contributed by atoms with Gasteiger partial charge in [-0.25, -0.2) is 4.99 Å². The lowest BCUT2D eigenvalue weighted by Crippen LogP contribution is -2.40. The van der Waals surface area contributed by atoms with Gasteiger partial charge in [-0.1, -0.05) is 6.92 Å². The van der Waals surface area contributed by atoms with Crippen LogP contribution in [0, 0.1) is 0 Å². The molecule has 0 amide bonds. The highest BCUT2D eigenvalue weighted by Gasteiger charge is 2.40. The number of amidine groups is 1. The van der Waals surface area contributed by atoms with Gasteiger partial charge in [-0.05, 0) is 12.8 Å². The second-order valence-electron chi connectivity index (χ2n) is 3.82. The molecular weight excluding hydrogens is 168 g/mol. The van der Waals surface area contributed by atoms with Crippen molar-refractivity contribution in [3.63, 3.8) is 0 Å². The standard InChI is InChI=1S/C9H16N2O2/c1-2-7-5-9(3-4-12-7)6-13-8(10)11-9/h7H,2-6H2,1H3,(H2,10,11). The van der Waals surface area contributed by atoms with Crippen molar-refractivity contribution in [3.05, 3.63) is 0 Å². The van der Waals surface area contributed by atoms with Gasteiger partial charge in [0, 0.05) is 13.0 Å². The number of nitrogens with zero attached hydrogens (tertiary/aromatic N) is 1. The maximum atomic E-state index is 5.58. The van der Waals surface area contributed by atoms with Gasteiger partial charge in [0.25, 0.3) is 6.02 Å². The number of ether oxygens (including phenoxy) is 2. The fraction of sp³-hybridized carbons (Fsp3) is 0.889. The van der Waals surface area contributed by atoms with E-state index in [9.17, 15) is 0 Å². The molecule has 2 heterocycles. The number of nitrogens with two attached hydrogens (primary N) is 1. The van der Waals surface area contributed by atoms with Crippen molar-refractivity contribution in [3.8, 4) is 0 Å². The quantitative estimate of drug-likeness (QED) is 0.651. The van der Waals surface area contributed by atoms with E-state index in [0.717, 1.165) is 25.9 Å². The molecule has 4 nitrogen and oxygen atoms in total. The molecule has 1 fully saturated rings. The molecule has 2 aliphatic rings. The van der Waals surface area contributed by atoms with Crippen LogP contribution in [0.4, 0.5) is 0 Å². The summed E-state index contributed by atoms with van der Waals surface area (Å²) in [6, 6.07) is 0.344. The maximum absolute atomic E-state index is 5.58. The zero-order chi connectivity index (χ0) is 9.31. The minimum atomic E-state index is -0.0665. The zero-order valence-electron chi connectivity index (χ0n) is 7.95. The van der Waals surface area contributed by atoms with E-state index in [0.29, 0.717) is 18.7 Å². The molecule has 2 N–H and O–H groups in total. The molecule has 2 atom stereocenters. The largest absolute Gasteiger partial charge is 0.463 e. The number of hydrogen-bond donors (Lipinski definition) is 1. The van der Waals surface area contributed by atoms with Crippen LogP contribution < -0.4 is 5.73 Å².